The highest BCUT2D eigenvalue weighted by molar-refractivity contribution is 7.92. The second kappa shape index (κ2) is 10.1. The fourth-order valence-electron chi connectivity index (χ4n) is 4.00. The molecule has 3 aromatic rings. The number of sulfone groups is 1. The van der Waals surface area contributed by atoms with Gasteiger partial charge in [0.2, 0.25) is 17.8 Å². The predicted molar refractivity (Wildman–Crippen MR) is 128 cm³/mol. The Balaban J connectivity index is 1.45. The summed E-state index contributed by atoms with van der Waals surface area (Å²) in [7, 11) is -4.19. The Kier molecular flexibility index (Phi) is 7.11. The summed E-state index contributed by atoms with van der Waals surface area (Å²) >= 11 is 0. The number of hydrogen-bond donors (Lipinski definition) is 2. The molecule has 0 unspecified atom stereocenters. The van der Waals surface area contributed by atoms with Crippen LogP contribution in [0.15, 0.2) is 59.8 Å². The predicted octanol–water partition coefficient (Wildman–Crippen LogP) is 4.04. The van der Waals surface area contributed by atoms with Crippen LogP contribution in [0.4, 0.5) is 36.4 Å². The average Bonchev–Trinajstić information content (AvgIpc) is 2.84. The fraction of sp³-hybridized carbons (Fsp3) is 0.304. The standard InChI is InChI=1S/C23H23F3N6O3S/c1-15(33)29-16-5-4-6-17(13-16)30-21-27-14-28-22(31-21)32-11-9-18(10-12-32)36(34,35)20-8-3-2-7-19(20)23(24,25)26/h2-8,13-14,18H,9-12H2,1H3,(H,29,33)(H,27,28,30,31). The molecule has 13 heteroatoms. The first-order chi connectivity index (χ1) is 17.0. The maximum absolute atomic E-state index is 13.4. The summed E-state index contributed by atoms with van der Waals surface area (Å²) in [6.07, 6.45) is -3.20. The Hall–Kier alpha value is -3.74. The third-order valence-electron chi connectivity index (χ3n) is 5.66. The van der Waals surface area contributed by atoms with E-state index in [1.807, 2.05) is 0 Å². The van der Waals surface area contributed by atoms with Crippen molar-refractivity contribution in [3.8, 4) is 0 Å². The summed E-state index contributed by atoms with van der Waals surface area (Å²) in [5, 5.41) is 4.76. The highest BCUT2D eigenvalue weighted by Gasteiger charge is 2.40. The molecule has 4 rings (SSSR count). The molecule has 1 saturated heterocycles. The number of carbonyl (C=O) groups is 1. The summed E-state index contributed by atoms with van der Waals surface area (Å²) in [4.78, 5) is 25.0. The minimum Gasteiger partial charge on any atom is -0.341 e. The topological polar surface area (TPSA) is 117 Å². The molecular weight excluding hydrogens is 497 g/mol. The van der Waals surface area contributed by atoms with Crippen molar-refractivity contribution in [1.82, 2.24) is 15.0 Å². The van der Waals surface area contributed by atoms with Crippen molar-refractivity contribution >= 4 is 39.0 Å². The third-order valence-corrected chi connectivity index (χ3v) is 7.98. The number of benzene rings is 2. The highest BCUT2D eigenvalue weighted by atomic mass is 32.2. The molecule has 0 atom stereocenters. The molecule has 0 radical (unpaired) electrons. The van der Waals surface area contributed by atoms with Crippen LogP contribution in [-0.2, 0) is 20.8 Å². The van der Waals surface area contributed by atoms with Gasteiger partial charge in [-0.15, -0.1) is 0 Å². The Morgan fingerprint density at radius 2 is 1.72 bits per heavy atom. The fourth-order valence-corrected chi connectivity index (χ4v) is 5.95. The number of alkyl halides is 3. The summed E-state index contributed by atoms with van der Waals surface area (Å²) in [5.41, 5.74) is 0.0758. The van der Waals surface area contributed by atoms with Crippen LogP contribution < -0.4 is 15.5 Å². The molecule has 2 N–H and O–H groups in total. The first-order valence-electron chi connectivity index (χ1n) is 11.0. The zero-order valence-electron chi connectivity index (χ0n) is 19.2. The molecule has 9 nitrogen and oxygen atoms in total. The van der Waals surface area contributed by atoms with Crippen molar-refractivity contribution in [1.29, 1.82) is 0 Å². The van der Waals surface area contributed by atoms with Crippen LogP contribution in [0, 0.1) is 0 Å². The molecule has 1 aromatic heterocycles. The van der Waals surface area contributed by atoms with E-state index in [2.05, 4.69) is 25.6 Å². The number of nitrogens with zero attached hydrogens (tertiary/aromatic N) is 4. The molecule has 2 heterocycles. The van der Waals surface area contributed by atoms with Gasteiger partial charge < -0.3 is 15.5 Å². The first kappa shape index (κ1) is 25.4. The third kappa shape index (κ3) is 5.73. The largest absolute Gasteiger partial charge is 0.417 e. The lowest BCUT2D eigenvalue weighted by Gasteiger charge is -2.32. The van der Waals surface area contributed by atoms with Crippen LogP contribution in [0.2, 0.25) is 0 Å². The summed E-state index contributed by atoms with van der Waals surface area (Å²) in [6, 6.07) is 11.2. The van der Waals surface area contributed by atoms with Crippen LogP contribution in [0.25, 0.3) is 0 Å². The number of hydrogen-bond acceptors (Lipinski definition) is 8. The van der Waals surface area contributed by atoms with Gasteiger partial charge in [0, 0.05) is 31.4 Å². The van der Waals surface area contributed by atoms with Gasteiger partial charge in [0.1, 0.15) is 6.33 Å². The smallest absolute Gasteiger partial charge is 0.341 e. The zero-order chi connectivity index (χ0) is 25.9. The van der Waals surface area contributed by atoms with E-state index >= 15 is 0 Å². The lowest BCUT2D eigenvalue weighted by Crippen LogP contribution is -2.40. The van der Waals surface area contributed by atoms with E-state index in [0.717, 1.165) is 12.1 Å². The van der Waals surface area contributed by atoms with Crippen LogP contribution in [-0.4, -0.2) is 47.6 Å². The van der Waals surface area contributed by atoms with Gasteiger partial charge >= 0.3 is 6.18 Å². The number of piperidine rings is 1. The molecule has 1 aliphatic rings. The van der Waals surface area contributed by atoms with Crippen LogP contribution in [0.5, 0.6) is 0 Å². The van der Waals surface area contributed by atoms with Gasteiger partial charge in [0.15, 0.2) is 9.84 Å². The molecule has 0 saturated carbocycles. The molecule has 0 bridgehead atoms. The van der Waals surface area contributed by atoms with Gasteiger partial charge in [-0.05, 0) is 43.2 Å². The number of anilines is 4. The second-order valence-corrected chi connectivity index (χ2v) is 10.4. The number of nitrogens with one attached hydrogen (secondary N) is 2. The molecule has 2 aromatic carbocycles. The molecule has 1 amide bonds. The number of rotatable bonds is 6. The number of carbonyl (C=O) groups excluding carboxylic acids is 1. The van der Waals surface area contributed by atoms with Crippen molar-refractivity contribution in [3.05, 3.63) is 60.4 Å². The van der Waals surface area contributed by atoms with Crippen molar-refractivity contribution in [2.45, 2.75) is 36.1 Å². The molecule has 36 heavy (non-hydrogen) atoms. The Morgan fingerprint density at radius 1 is 1.03 bits per heavy atom. The normalized spacial score (nSPS) is 14.9. The monoisotopic (exact) mass is 520 g/mol. The molecule has 1 aliphatic heterocycles. The van der Waals surface area contributed by atoms with Crippen LogP contribution in [0.1, 0.15) is 25.3 Å². The Morgan fingerprint density at radius 3 is 2.42 bits per heavy atom. The van der Waals surface area contributed by atoms with E-state index in [0.29, 0.717) is 17.3 Å². The van der Waals surface area contributed by atoms with Gasteiger partial charge in [-0.2, -0.15) is 18.2 Å². The maximum Gasteiger partial charge on any atom is 0.417 e. The van der Waals surface area contributed by atoms with Gasteiger partial charge in [0.25, 0.3) is 0 Å². The highest BCUT2D eigenvalue weighted by Crippen LogP contribution is 2.37. The first-order valence-corrected chi connectivity index (χ1v) is 12.6. The molecule has 1 fully saturated rings. The van der Waals surface area contributed by atoms with E-state index in [-0.39, 0.29) is 37.8 Å². The van der Waals surface area contributed by atoms with Gasteiger partial charge in [0.05, 0.1) is 15.7 Å². The minimum absolute atomic E-state index is 0.127. The Bertz CT molecular complexity index is 1360. The summed E-state index contributed by atoms with van der Waals surface area (Å²) in [5.74, 6) is 0.354. The summed E-state index contributed by atoms with van der Waals surface area (Å²) in [6.45, 7) is 1.90. The number of amides is 1. The lowest BCUT2D eigenvalue weighted by atomic mass is 10.1. The van der Waals surface area contributed by atoms with E-state index in [1.165, 1.54) is 25.4 Å². The SMILES string of the molecule is CC(=O)Nc1cccc(Nc2ncnc(N3CCC(S(=O)(=O)c4ccccc4C(F)(F)F)CC3)n2)c1. The minimum atomic E-state index is -4.76. The molecular formula is C23H23F3N6O3S. The van der Waals surface area contributed by atoms with E-state index in [4.69, 9.17) is 0 Å². The van der Waals surface area contributed by atoms with Crippen molar-refractivity contribution in [3.63, 3.8) is 0 Å². The van der Waals surface area contributed by atoms with Gasteiger partial charge in [-0.3, -0.25) is 4.79 Å². The van der Waals surface area contributed by atoms with E-state index in [9.17, 15) is 26.4 Å². The quantitative estimate of drug-likeness (QED) is 0.500. The molecule has 0 aliphatic carbocycles. The number of aromatic nitrogens is 3. The van der Waals surface area contributed by atoms with E-state index < -0.39 is 31.7 Å². The van der Waals surface area contributed by atoms with Crippen molar-refractivity contribution < 1.29 is 26.4 Å². The average molecular weight is 521 g/mol. The van der Waals surface area contributed by atoms with Crippen LogP contribution in [0.3, 0.4) is 0 Å². The van der Waals surface area contributed by atoms with Crippen LogP contribution >= 0.6 is 0 Å². The number of halogens is 3. The zero-order valence-corrected chi connectivity index (χ0v) is 20.0. The van der Waals surface area contributed by atoms with Crippen molar-refractivity contribution in [2.24, 2.45) is 0 Å². The maximum atomic E-state index is 13.4. The van der Waals surface area contributed by atoms with Gasteiger partial charge in [-0.25, -0.2) is 18.4 Å². The Labute approximate surface area is 205 Å². The second-order valence-electron chi connectivity index (χ2n) is 8.22. The van der Waals surface area contributed by atoms with E-state index in [1.54, 1.807) is 29.2 Å². The molecule has 0 spiro atoms. The lowest BCUT2D eigenvalue weighted by molar-refractivity contribution is -0.139. The molecule has 190 valence electrons. The summed E-state index contributed by atoms with van der Waals surface area (Å²) < 4.78 is 66.3. The van der Waals surface area contributed by atoms with Gasteiger partial charge in [-0.1, -0.05) is 18.2 Å². The van der Waals surface area contributed by atoms with Crippen molar-refractivity contribution in [2.75, 3.05) is 28.6 Å².